The lowest BCUT2D eigenvalue weighted by Crippen LogP contribution is -2.54. The first-order chi connectivity index (χ1) is 18.5. The summed E-state index contributed by atoms with van der Waals surface area (Å²) in [6.45, 7) is -1.05. The average molecular weight is 534 g/mol. The molecule has 0 heterocycles. The number of ether oxygens (including phenoxy) is 1. The van der Waals surface area contributed by atoms with Gasteiger partial charge in [0.05, 0.1) is 17.0 Å². The molecule has 0 fully saturated rings. The van der Waals surface area contributed by atoms with Crippen LogP contribution >= 0.6 is 0 Å². The zero-order valence-corrected chi connectivity index (χ0v) is 20.2. The van der Waals surface area contributed by atoms with Gasteiger partial charge in [-0.2, -0.15) is 0 Å². The number of phenols is 1. The maximum absolute atomic E-state index is 13.1. The van der Waals surface area contributed by atoms with Gasteiger partial charge >= 0.3 is 6.09 Å². The molecule has 39 heavy (non-hydrogen) atoms. The first-order valence-corrected chi connectivity index (χ1v) is 11.8. The highest BCUT2D eigenvalue weighted by atomic mass is 16.6. The monoisotopic (exact) mass is 534 g/mol. The Morgan fingerprint density at radius 1 is 1.05 bits per heavy atom. The van der Waals surface area contributed by atoms with Crippen LogP contribution < -0.4 is 5.32 Å². The standard InChI is InChI=1S/C27H22N2O10/c30-21-15-6-2-3-7-16(15)22(31)20-17(21)9-14-10-27(36,25(34)24(33)19(14)23(20)32)12-39-26(35)28-11-13-5-1-4-8-18(13)29(37)38/h1-9,24-25,32-34,36H,10-12H2,(H,28,35)/t24-,25?,27?/m0/s1. The Hall–Kier alpha value is -4.65. The lowest BCUT2D eigenvalue weighted by Gasteiger charge is -2.41. The molecule has 2 aliphatic rings. The topological polar surface area (TPSA) is 197 Å². The normalized spacial score (nSPS) is 21.4. The fourth-order valence-electron chi connectivity index (χ4n) is 5.05. The number of ketones is 2. The molecule has 5 N–H and O–H groups in total. The summed E-state index contributed by atoms with van der Waals surface area (Å²) in [5, 5.41) is 57.1. The van der Waals surface area contributed by atoms with Crippen molar-refractivity contribution in [1.29, 1.82) is 0 Å². The van der Waals surface area contributed by atoms with E-state index in [1.807, 2.05) is 0 Å². The number of alkyl carbamates (subject to hydrolysis) is 1. The number of nitrogens with one attached hydrogen (secondary N) is 1. The number of carbonyl (C=O) groups excluding carboxylic acids is 3. The first-order valence-electron chi connectivity index (χ1n) is 11.8. The third-order valence-corrected chi connectivity index (χ3v) is 7.02. The molecule has 0 saturated heterocycles. The fourth-order valence-corrected chi connectivity index (χ4v) is 5.05. The van der Waals surface area contributed by atoms with Gasteiger partial charge in [0.2, 0.25) is 0 Å². The van der Waals surface area contributed by atoms with E-state index >= 15 is 0 Å². The highest BCUT2D eigenvalue weighted by Crippen LogP contribution is 2.45. The maximum Gasteiger partial charge on any atom is 0.407 e. The molecule has 2 aliphatic carbocycles. The number of phenolic OH excluding ortho intramolecular Hbond substituents is 1. The van der Waals surface area contributed by atoms with E-state index in [-0.39, 0.29) is 51.2 Å². The van der Waals surface area contributed by atoms with Crippen LogP contribution in [-0.4, -0.2) is 61.3 Å². The second-order valence-corrected chi connectivity index (χ2v) is 9.41. The van der Waals surface area contributed by atoms with Crippen LogP contribution in [0, 0.1) is 10.1 Å². The summed E-state index contributed by atoms with van der Waals surface area (Å²) in [7, 11) is 0. The molecule has 12 heteroatoms. The largest absolute Gasteiger partial charge is 0.507 e. The van der Waals surface area contributed by atoms with Crippen molar-refractivity contribution in [2.45, 2.75) is 30.8 Å². The second-order valence-electron chi connectivity index (χ2n) is 9.41. The number of hydrogen-bond donors (Lipinski definition) is 5. The zero-order valence-electron chi connectivity index (χ0n) is 20.2. The number of nitro benzene ring substituents is 1. The summed E-state index contributed by atoms with van der Waals surface area (Å²) >= 11 is 0. The lowest BCUT2D eigenvalue weighted by atomic mass is 9.72. The van der Waals surface area contributed by atoms with Crippen molar-refractivity contribution in [3.8, 4) is 5.75 Å². The molecule has 3 atom stereocenters. The smallest absolute Gasteiger partial charge is 0.407 e. The summed E-state index contributed by atoms with van der Waals surface area (Å²) in [6, 6.07) is 13.1. The summed E-state index contributed by atoms with van der Waals surface area (Å²) in [5.41, 5.74) is -2.57. The Labute approximate surface area is 220 Å². The minimum Gasteiger partial charge on any atom is -0.507 e. The molecule has 1 amide bonds. The van der Waals surface area contributed by atoms with Crippen molar-refractivity contribution in [2.75, 3.05) is 6.61 Å². The number of rotatable bonds is 5. The molecule has 5 rings (SSSR count). The van der Waals surface area contributed by atoms with Crippen LogP contribution in [0.5, 0.6) is 5.75 Å². The van der Waals surface area contributed by atoms with E-state index < -0.39 is 59.2 Å². The highest BCUT2D eigenvalue weighted by Gasteiger charge is 2.49. The fraction of sp³-hybridized carbons (Fsp3) is 0.222. The van der Waals surface area contributed by atoms with Gasteiger partial charge in [0.15, 0.2) is 11.6 Å². The molecule has 0 radical (unpaired) electrons. The van der Waals surface area contributed by atoms with E-state index in [0.29, 0.717) is 0 Å². The summed E-state index contributed by atoms with van der Waals surface area (Å²) in [6.07, 6.45) is -5.33. The van der Waals surface area contributed by atoms with E-state index in [1.54, 1.807) is 18.2 Å². The van der Waals surface area contributed by atoms with E-state index in [4.69, 9.17) is 4.74 Å². The number of nitro groups is 1. The van der Waals surface area contributed by atoms with Gasteiger partial charge in [-0.15, -0.1) is 0 Å². The van der Waals surface area contributed by atoms with Crippen molar-refractivity contribution >= 4 is 23.3 Å². The van der Waals surface area contributed by atoms with Gasteiger partial charge in [0.25, 0.3) is 5.69 Å². The van der Waals surface area contributed by atoms with Gasteiger partial charge < -0.3 is 30.5 Å². The number of para-hydroxylation sites is 1. The SMILES string of the molecule is O=C(NCc1ccccc1[N+](=O)[O-])OCC1(O)Cc2cc3c(c(O)c2[C@H](O)C1O)C(=O)c1ccccc1C3=O. The van der Waals surface area contributed by atoms with Crippen molar-refractivity contribution in [3.05, 3.63) is 104 Å². The van der Waals surface area contributed by atoms with Crippen LogP contribution in [0.25, 0.3) is 0 Å². The van der Waals surface area contributed by atoms with Crippen LogP contribution in [-0.2, 0) is 17.7 Å². The molecule has 12 nitrogen and oxygen atoms in total. The van der Waals surface area contributed by atoms with E-state index in [0.717, 1.165) is 0 Å². The Kier molecular flexibility index (Phi) is 6.38. The second kappa shape index (κ2) is 9.58. The highest BCUT2D eigenvalue weighted by molar-refractivity contribution is 6.29. The summed E-state index contributed by atoms with van der Waals surface area (Å²) in [5.74, 6) is -1.83. The number of carbonyl (C=O) groups is 3. The number of hydrogen-bond acceptors (Lipinski definition) is 10. The molecule has 0 bridgehead atoms. The summed E-state index contributed by atoms with van der Waals surface area (Å²) in [4.78, 5) is 49.0. The molecule has 0 aliphatic heterocycles. The molecule has 0 aromatic heterocycles. The molecule has 3 aromatic rings. The van der Waals surface area contributed by atoms with Crippen LogP contribution in [0.1, 0.15) is 54.6 Å². The van der Waals surface area contributed by atoms with Gasteiger partial charge in [0, 0.05) is 40.3 Å². The number of aliphatic hydroxyl groups excluding tert-OH is 2. The van der Waals surface area contributed by atoms with Gasteiger partial charge in [-0.05, 0) is 11.6 Å². The number of benzene rings is 3. The van der Waals surface area contributed by atoms with Crippen molar-refractivity contribution in [1.82, 2.24) is 5.32 Å². The Bertz CT molecular complexity index is 1550. The number of aromatic hydroxyl groups is 1. The number of amides is 1. The van der Waals surface area contributed by atoms with Gasteiger partial charge in [-0.1, -0.05) is 42.5 Å². The van der Waals surface area contributed by atoms with Crippen molar-refractivity contribution in [2.24, 2.45) is 0 Å². The van der Waals surface area contributed by atoms with Crippen LogP contribution in [0.2, 0.25) is 0 Å². The quantitative estimate of drug-likeness (QED) is 0.186. The molecular weight excluding hydrogens is 512 g/mol. The molecule has 3 aromatic carbocycles. The third-order valence-electron chi connectivity index (χ3n) is 7.02. The molecule has 0 saturated carbocycles. The summed E-state index contributed by atoms with van der Waals surface area (Å²) < 4.78 is 5.04. The van der Waals surface area contributed by atoms with Crippen LogP contribution in [0.15, 0.2) is 54.6 Å². The van der Waals surface area contributed by atoms with Crippen molar-refractivity contribution < 1.29 is 44.5 Å². The van der Waals surface area contributed by atoms with Crippen LogP contribution in [0.3, 0.4) is 0 Å². The lowest BCUT2D eigenvalue weighted by molar-refractivity contribution is -0.385. The van der Waals surface area contributed by atoms with Gasteiger partial charge in [0.1, 0.15) is 30.2 Å². The Balaban J connectivity index is 1.37. The number of nitrogens with zero attached hydrogens (tertiary/aromatic N) is 1. The minimum atomic E-state index is -2.23. The number of fused-ring (bicyclic) bond motifs is 3. The maximum atomic E-state index is 13.1. The first kappa shape index (κ1) is 26.0. The Morgan fingerprint density at radius 3 is 2.38 bits per heavy atom. The van der Waals surface area contributed by atoms with Gasteiger partial charge in [-0.3, -0.25) is 19.7 Å². The van der Waals surface area contributed by atoms with E-state index in [2.05, 4.69) is 5.32 Å². The van der Waals surface area contributed by atoms with E-state index in [1.165, 1.54) is 36.4 Å². The minimum absolute atomic E-state index is 0.0796. The van der Waals surface area contributed by atoms with E-state index in [9.17, 15) is 44.9 Å². The Morgan fingerprint density at radius 2 is 1.69 bits per heavy atom. The van der Waals surface area contributed by atoms with Crippen molar-refractivity contribution in [3.63, 3.8) is 0 Å². The zero-order chi connectivity index (χ0) is 28.1. The predicted octanol–water partition coefficient (Wildman–Crippen LogP) is 1.68. The molecule has 2 unspecified atom stereocenters. The molecule has 200 valence electrons. The third kappa shape index (κ3) is 4.30. The molecule has 0 spiro atoms. The number of aliphatic hydroxyl groups is 3. The molecular formula is C27H22N2O10. The van der Waals surface area contributed by atoms with Gasteiger partial charge in [-0.25, -0.2) is 4.79 Å². The van der Waals surface area contributed by atoms with Crippen LogP contribution in [0.4, 0.5) is 10.5 Å². The average Bonchev–Trinajstić information content (AvgIpc) is 2.92. The predicted molar refractivity (Wildman–Crippen MR) is 132 cm³/mol.